The molecule has 0 saturated heterocycles. The molecule has 3 rings (SSSR count). The fourth-order valence-corrected chi connectivity index (χ4v) is 4.41. The molecule has 102 valence electrons. The van der Waals surface area contributed by atoms with Gasteiger partial charge in [0, 0.05) is 26.7 Å². The van der Waals surface area contributed by atoms with Crippen LogP contribution in [0.1, 0.15) is 16.0 Å². The summed E-state index contributed by atoms with van der Waals surface area (Å²) in [4.78, 5) is 5.57. The SMILES string of the molecule is OC(Cc1nc(-c2ccccc2)cs1)c1sccc1Br. The van der Waals surface area contributed by atoms with Crippen LogP contribution in [0.3, 0.4) is 0 Å². The highest BCUT2D eigenvalue weighted by atomic mass is 79.9. The lowest BCUT2D eigenvalue weighted by atomic mass is 10.2. The van der Waals surface area contributed by atoms with Gasteiger partial charge in [-0.2, -0.15) is 0 Å². The topological polar surface area (TPSA) is 33.1 Å². The Morgan fingerprint density at radius 1 is 1.15 bits per heavy atom. The summed E-state index contributed by atoms with van der Waals surface area (Å²) in [5.41, 5.74) is 2.09. The summed E-state index contributed by atoms with van der Waals surface area (Å²) in [7, 11) is 0. The lowest BCUT2D eigenvalue weighted by Crippen LogP contribution is -1.99. The van der Waals surface area contributed by atoms with E-state index in [0.29, 0.717) is 6.42 Å². The van der Waals surface area contributed by atoms with Crippen molar-refractivity contribution in [2.24, 2.45) is 0 Å². The minimum atomic E-state index is -0.501. The van der Waals surface area contributed by atoms with Gasteiger partial charge in [-0.1, -0.05) is 30.3 Å². The van der Waals surface area contributed by atoms with E-state index in [2.05, 4.69) is 20.9 Å². The Balaban J connectivity index is 1.76. The molecule has 2 heterocycles. The monoisotopic (exact) mass is 365 g/mol. The molecule has 3 aromatic rings. The van der Waals surface area contributed by atoms with E-state index in [4.69, 9.17) is 0 Å². The van der Waals surface area contributed by atoms with Crippen LogP contribution in [0, 0.1) is 0 Å². The van der Waals surface area contributed by atoms with Gasteiger partial charge in [0.1, 0.15) is 0 Å². The lowest BCUT2D eigenvalue weighted by Gasteiger charge is -2.06. The smallest absolute Gasteiger partial charge is 0.0962 e. The van der Waals surface area contributed by atoms with Crippen molar-refractivity contribution < 1.29 is 5.11 Å². The van der Waals surface area contributed by atoms with E-state index in [-0.39, 0.29) is 0 Å². The number of hydrogen-bond acceptors (Lipinski definition) is 4. The van der Waals surface area contributed by atoms with Gasteiger partial charge in [0.25, 0.3) is 0 Å². The van der Waals surface area contributed by atoms with Crippen LogP contribution in [-0.4, -0.2) is 10.1 Å². The molecule has 20 heavy (non-hydrogen) atoms. The summed E-state index contributed by atoms with van der Waals surface area (Å²) in [6.45, 7) is 0. The zero-order valence-electron chi connectivity index (χ0n) is 10.5. The second-order valence-corrected chi connectivity index (χ2v) is 7.09. The summed E-state index contributed by atoms with van der Waals surface area (Å²) < 4.78 is 0.967. The van der Waals surface area contributed by atoms with Crippen molar-refractivity contribution in [3.63, 3.8) is 0 Å². The summed E-state index contributed by atoms with van der Waals surface area (Å²) in [6, 6.07) is 12.1. The Bertz CT molecular complexity index is 693. The lowest BCUT2D eigenvalue weighted by molar-refractivity contribution is 0.181. The van der Waals surface area contributed by atoms with Crippen molar-refractivity contribution in [1.82, 2.24) is 4.98 Å². The number of aromatic nitrogens is 1. The van der Waals surface area contributed by atoms with Crippen molar-refractivity contribution in [2.45, 2.75) is 12.5 Å². The molecule has 0 bridgehead atoms. The first-order valence-electron chi connectivity index (χ1n) is 6.15. The first-order valence-corrected chi connectivity index (χ1v) is 8.70. The van der Waals surface area contributed by atoms with E-state index in [1.54, 1.807) is 22.7 Å². The first-order chi connectivity index (χ1) is 9.74. The zero-order chi connectivity index (χ0) is 13.9. The number of nitrogens with zero attached hydrogens (tertiary/aromatic N) is 1. The minimum absolute atomic E-state index is 0.501. The average Bonchev–Trinajstić information content (AvgIpc) is 3.09. The van der Waals surface area contributed by atoms with Crippen LogP contribution < -0.4 is 0 Å². The standard InChI is InChI=1S/C15H12BrNOS2/c16-11-6-7-19-15(11)13(18)8-14-17-12(9-20-14)10-4-2-1-3-5-10/h1-7,9,13,18H,8H2. The molecular formula is C15H12BrNOS2. The largest absolute Gasteiger partial charge is 0.387 e. The van der Waals surface area contributed by atoms with Gasteiger partial charge in [-0.05, 0) is 27.4 Å². The highest BCUT2D eigenvalue weighted by Crippen LogP contribution is 2.32. The molecule has 1 aromatic carbocycles. The number of benzene rings is 1. The van der Waals surface area contributed by atoms with E-state index in [0.717, 1.165) is 25.6 Å². The Morgan fingerprint density at radius 2 is 1.95 bits per heavy atom. The van der Waals surface area contributed by atoms with Crippen LogP contribution in [0.2, 0.25) is 0 Å². The van der Waals surface area contributed by atoms with Gasteiger partial charge in [-0.15, -0.1) is 22.7 Å². The van der Waals surface area contributed by atoms with E-state index in [1.165, 1.54) is 0 Å². The molecule has 1 N–H and O–H groups in total. The average molecular weight is 366 g/mol. The van der Waals surface area contributed by atoms with Crippen molar-refractivity contribution in [2.75, 3.05) is 0 Å². The molecule has 1 unspecified atom stereocenters. The molecule has 0 aliphatic heterocycles. The van der Waals surface area contributed by atoms with Gasteiger partial charge >= 0.3 is 0 Å². The Hall–Kier alpha value is -1.01. The van der Waals surface area contributed by atoms with Gasteiger partial charge in [0.2, 0.25) is 0 Å². The van der Waals surface area contributed by atoms with Crippen LogP contribution >= 0.6 is 38.6 Å². The summed E-state index contributed by atoms with van der Waals surface area (Å²) >= 11 is 6.61. The molecule has 2 nitrogen and oxygen atoms in total. The van der Waals surface area contributed by atoms with Gasteiger partial charge < -0.3 is 5.11 Å². The Morgan fingerprint density at radius 3 is 2.65 bits per heavy atom. The summed E-state index contributed by atoms with van der Waals surface area (Å²) in [5.74, 6) is 0. The fourth-order valence-electron chi connectivity index (χ4n) is 1.95. The second kappa shape index (κ2) is 6.18. The maximum atomic E-state index is 10.3. The molecule has 2 aromatic heterocycles. The number of thiophene rings is 1. The minimum Gasteiger partial charge on any atom is -0.387 e. The number of rotatable bonds is 4. The maximum Gasteiger partial charge on any atom is 0.0962 e. The van der Waals surface area contributed by atoms with Crippen molar-refractivity contribution in [3.8, 4) is 11.3 Å². The number of aliphatic hydroxyl groups is 1. The molecule has 0 amide bonds. The van der Waals surface area contributed by atoms with E-state index < -0.39 is 6.10 Å². The molecular weight excluding hydrogens is 354 g/mol. The van der Waals surface area contributed by atoms with Gasteiger partial charge in [-0.3, -0.25) is 0 Å². The second-order valence-electron chi connectivity index (χ2n) is 4.35. The number of aliphatic hydroxyl groups excluding tert-OH is 1. The molecule has 0 fully saturated rings. The zero-order valence-corrected chi connectivity index (χ0v) is 13.7. The highest BCUT2D eigenvalue weighted by Gasteiger charge is 2.15. The van der Waals surface area contributed by atoms with Gasteiger partial charge in [-0.25, -0.2) is 4.98 Å². The molecule has 0 aliphatic rings. The molecule has 0 saturated carbocycles. The molecule has 0 aliphatic carbocycles. The van der Waals surface area contributed by atoms with Crippen LogP contribution in [0.5, 0.6) is 0 Å². The Labute approximate surface area is 133 Å². The van der Waals surface area contributed by atoms with E-state index in [1.807, 2.05) is 47.2 Å². The third kappa shape index (κ3) is 3.01. The van der Waals surface area contributed by atoms with Crippen molar-refractivity contribution in [1.29, 1.82) is 0 Å². The number of hydrogen-bond donors (Lipinski definition) is 1. The van der Waals surface area contributed by atoms with E-state index >= 15 is 0 Å². The molecule has 0 radical (unpaired) electrons. The third-order valence-corrected chi connectivity index (χ3v) is 5.78. The van der Waals surface area contributed by atoms with Crippen LogP contribution in [0.25, 0.3) is 11.3 Å². The van der Waals surface area contributed by atoms with Gasteiger partial charge in [0.05, 0.1) is 16.8 Å². The number of halogens is 1. The molecule has 5 heteroatoms. The summed E-state index contributed by atoms with van der Waals surface area (Å²) in [6.07, 6.45) is 0.0514. The first kappa shape index (κ1) is 13.9. The Kier molecular flexibility index (Phi) is 4.31. The van der Waals surface area contributed by atoms with E-state index in [9.17, 15) is 5.11 Å². The summed E-state index contributed by atoms with van der Waals surface area (Å²) in [5, 5.41) is 15.2. The number of thiazole rings is 1. The van der Waals surface area contributed by atoms with Crippen LogP contribution in [0.4, 0.5) is 0 Å². The maximum absolute atomic E-state index is 10.3. The molecule has 1 atom stereocenters. The van der Waals surface area contributed by atoms with Crippen molar-refractivity contribution in [3.05, 3.63) is 61.5 Å². The van der Waals surface area contributed by atoms with Gasteiger partial charge in [0.15, 0.2) is 0 Å². The fraction of sp³-hybridized carbons (Fsp3) is 0.133. The predicted octanol–water partition coefficient (Wildman–Crippen LogP) is 4.91. The quantitative estimate of drug-likeness (QED) is 0.712. The third-order valence-electron chi connectivity index (χ3n) is 2.94. The molecule has 0 spiro atoms. The normalized spacial score (nSPS) is 12.5. The highest BCUT2D eigenvalue weighted by molar-refractivity contribution is 9.10. The van der Waals surface area contributed by atoms with Crippen LogP contribution in [-0.2, 0) is 6.42 Å². The van der Waals surface area contributed by atoms with Crippen molar-refractivity contribution >= 4 is 38.6 Å². The predicted molar refractivity (Wildman–Crippen MR) is 88.2 cm³/mol. The van der Waals surface area contributed by atoms with Crippen LogP contribution in [0.15, 0.2) is 51.6 Å².